The summed E-state index contributed by atoms with van der Waals surface area (Å²) in [5.74, 6) is 0.564. The molecule has 0 aliphatic rings. The highest BCUT2D eigenvalue weighted by atomic mass is 16.3. The lowest BCUT2D eigenvalue weighted by atomic mass is 10.1. The molecule has 0 bridgehead atoms. The van der Waals surface area contributed by atoms with Gasteiger partial charge < -0.3 is 10.2 Å². The molecule has 2 aromatic rings. The van der Waals surface area contributed by atoms with E-state index in [4.69, 9.17) is 10.2 Å². The smallest absolute Gasteiger partial charge is 0.115 e. The summed E-state index contributed by atoms with van der Waals surface area (Å²) in [5.41, 5.74) is 2.27. The van der Waals surface area contributed by atoms with Crippen LogP contribution in [-0.2, 0) is 6.42 Å². The van der Waals surface area contributed by atoms with Gasteiger partial charge in [-0.15, -0.1) is 0 Å². The van der Waals surface area contributed by atoms with Crippen LogP contribution >= 0.6 is 0 Å². The number of aromatic hydroxyl groups is 2. The van der Waals surface area contributed by atoms with Gasteiger partial charge in [0.25, 0.3) is 0 Å². The molecular weight excluding hydrogens is 248 g/mol. The molecule has 0 atom stereocenters. The Kier molecular flexibility index (Phi) is 12.3. The Hall–Kier alpha value is -1.96. The van der Waals surface area contributed by atoms with Crippen molar-refractivity contribution in [3.05, 3.63) is 59.7 Å². The number of benzene rings is 2. The molecule has 2 N–H and O–H groups in total. The lowest BCUT2D eigenvalue weighted by molar-refractivity contribution is 0.475. The Balaban J connectivity index is 0. The number of hydrogen-bond donors (Lipinski definition) is 2. The first kappa shape index (κ1) is 20.4. The summed E-state index contributed by atoms with van der Waals surface area (Å²) < 4.78 is 0. The lowest BCUT2D eigenvalue weighted by Gasteiger charge is -2.02. The Bertz CT molecular complexity index is 386. The molecule has 2 aromatic carbocycles. The van der Waals surface area contributed by atoms with Crippen LogP contribution in [0.2, 0.25) is 0 Å². The van der Waals surface area contributed by atoms with Crippen LogP contribution in [0.15, 0.2) is 48.5 Å². The fraction of sp³-hybridized carbons (Fsp3) is 0.333. The van der Waals surface area contributed by atoms with Crippen molar-refractivity contribution in [2.75, 3.05) is 0 Å². The third-order valence-corrected chi connectivity index (χ3v) is 2.28. The van der Waals surface area contributed by atoms with Gasteiger partial charge in [-0.2, -0.15) is 0 Å². The van der Waals surface area contributed by atoms with Crippen molar-refractivity contribution in [2.24, 2.45) is 0 Å². The monoisotopic (exact) mass is 276 g/mol. The number of phenolic OH excluding ortho intramolecular Hbond substituents is 2. The van der Waals surface area contributed by atoms with E-state index in [-0.39, 0.29) is 18.9 Å². The maximum atomic E-state index is 9.13. The van der Waals surface area contributed by atoms with Gasteiger partial charge in [0, 0.05) is 0 Å². The average molecular weight is 276 g/mol. The Morgan fingerprint density at radius 3 is 1.10 bits per heavy atom. The molecule has 0 aliphatic carbocycles. The van der Waals surface area contributed by atoms with Crippen molar-refractivity contribution in [1.82, 2.24) is 0 Å². The minimum Gasteiger partial charge on any atom is -0.508 e. The van der Waals surface area contributed by atoms with Crippen molar-refractivity contribution in [2.45, 2.75) is 41.5 Å². The molecule has 0 amide bonds. The summed E-state index contributed by atoms with van der Waals surface area (Å²) in [5, 5.41) is 18.3. The average Bonchev–Trinajstić information content (AvgIpc) is 2.48. The van der Waals surface area contributed by atoms with Crippen LogP contribution < -0.4 is 0 Å². The maximum Gasteiger partial charge on any atom is 0.115 e. The lowest BCUT2D eigenvalue weighted by Crippen LogP contribution is -1.86. The van der Waals surface area contributed by atoms with Crippen LogP contribution in [0.25, 0.3) is 0 Å². The van der Waals surface area contributed by atoms with E-state index in [9.17, 15) is 0 Å². The molecule has 2 rings (SSSR count). The normalized spacial score (nSPS) is 8.20. The third-order valence-electron chi connectivity index (χ3n) is 2.28. The molecule has 0 saturated heterocycles. The first-order valence-corrected chi connectivity index (χ1v) is 6.80. The van der Waals surface area contributed by atoms with Crippen molar-refractivity contribution < 1.29 is 10.2 Å². The molecule has 0 aromatic heterocycles. The second kappa shape index (κ2) is 12.1. The molecule has 0 heterocycles. The van der Waals surface area contributed by atoms with E-state index >= 15 is 0 Å². The topological polar surface area (TPSA) is 40.5 Å². The van der Waals surface area contributed by atoms with Crippen LogP contribution in [0.1, 0.15) is 46.2 Å². The Labute approximate surface area is 123 Å². The molecular formula is C18H28O2. The Morgan fingerprint density at radius 1 is 0.600 bits per heavy atom. The number of rotatable bonds is 2. The molecule has 0 saturated carbocycles. The van der Waals surface area contributed by atoms with Crippen molar-refractivity contribution in [3.63, 3.8) is 0 Å². The van der Waals surface area contributed by atoms with Crippen molar-refractivity contribution in [3.8, 4) is 11.5 Å². The van der Waals surface area contributed by atoms with E-state index in [0.29, 0.717) is 0 Å². The standard InChI is InChI=1S/C13H12O2.2C2H6.CH4/c14-12-5-1-10(2-6-12)9-11-3-7-13(15)8-4-11;2*1-2;/h1-8,14-15H,9H2;2*1-2H3;1H4. The van der Waals surface area contributed by atoms with Crippen LogP contribution in [-0.4, -0.2) is 10.2 Å². The molecule has 0 fully saturated rings. The van der Waals surface area contributed by atoms with Crippen molar-refractivity contribution >= 4 is 0 Å². The van der Waals surface area contributed by atoms with Crippen LogP contribution in [0, 0.1) is 0 Å². The number of phenols is 2. The van der Waals surface area contributed by atoms with Crippen LogP contribution in [0.3, 0.4) is 0 Å². The molecule has 0 spiro atoms. The first-order chi connectivity index (χ1) is 9.24. The van der Waals surface area contributed by atoms with Gasteiger partial charge in [-0.05, 0) is 41.8 Å². The predicted octanol–water partition coefficient (Wildman–Crippen LogP) is 5.38. The van der Waals surface area contributed by atoms with E-state index < -0.39 is 0 Å². The minimum atomic E-state index is 0. The number of hydrogen-bond acceptors (Lipinski definition) is 2. The molecule has 112 valence electrons. The molecule has 0 radical (unpaired) electrons. The van der Waals surface area contributed by atoms with Crippen LogP contribution in [0.5, 0.6) is 11.5 Å². The molecule has 0 aliphatic heterocycles. The highest BCUT2D eigenvalue weighted by molar-refractivity contribution is 5.32. The fourth-order valence-corrected chi connectivity index (χ4v) is 1.46. The van der Waals surface area contributed by atoms with Gasteiger partial charge in [-0.25, -0.2) is 0 Å². The van der Waals surface area contributed by atoms with Gasteiger partial charge >= 0.3 is 0 Å². The van der Waals surface area contributed by atoms with Crippen molar-refractivity contribution in [1.29, 1.82) is 0 Å². The summed E-state index contributed by atoms with van der Waals surface area (Å²) >= 11 is 0. The zero-order valence-corrected chi connectivity index (χ0v) is 12.2. The highest BCUT2D eigenvalue weighted by Gasteiger charge is 1.96. The maximum absolute atomic E-state index is 9.13. The van der Waals surface area contributed by atoms with Gasteiger partial charge in [-0.3, -0.25) is 0 Å². The zero-order chi connectivity index (χ0) is 14.7. The van der Waals surface area contributed by atoms with E-state index in [1.165, 1.54) is 0 Å². The molecule has 20 heavy (non-hydrogen) atoms. The summed E-state index contributed by atoms with van der Waals surface area (Å²) in [6, 6.07) is 14.3. The Morgan fingerprint density at radius 2 is 0.850 bits per heavy atom. The highest BCUT2D eigenvalue weighted by Crippen LogP contribution is 2.15. The second-order valence-corrected chi connectivity index (χ2v) is 3.51. The molecule has 2 heteroatoms. The third kappa shape index (κ3) is 7.47. The van der Waals surface area contributed by atoms with Crippen LogP contribution in [0.4, 0.5) is 0 Å². The molecule has 2 nitrogen and oxygen atoms in total. The molecule has 0 unspecified atom stereocenters. The van der Waals surface area contributed by atoms with Gasteiger partial charge in [0.15, 0.2) is 0 Å². The largest absolute Gasteiger partial charge is 0.508 e. The van der Waals surface area contributed by atoms with Gasteiger partial charge in [-0.1, -0.05) is 59.4 Å². The summed E-state index contributed by atoms with van der Waals surface area (Å²) in [6.07, 6.45) is 0.806. The van der Waals surface area contributed by atoms with E-state index in [1.54, 1.807) is 24.3 Å². The summed E-state index contributed by atoms with van der Waals surface area (Å²) in [6.45, 7) is 8.00. The quantitative estimate of drug-likeness (QED) is 0.773. The summed E-state index contributed by atoms with van der Waals surface area (Å²) in [7, 11) is 0. The van der Waals surface area contributed by atoms with E-state index in [2.05, 4.69) is 0 Å². The van der Waals surface area contributed by atoms with Gasteiger partial charge in [0.2, 0.25) is 0 Å². The fourth-order valence-electron chi connectivity index (χ4n) is 1.46. The summed E-state index contributed by atoms with van der Waals surface area (Å²) in [4.78, 5) is 0. The predicted molar refractivity (Wildman–Crippen MR) is 88.4 cm³/mol. The first-order valence-electron chi connectivity index (χ1n) is 6.80. The van der Waals surface area contributed by atoms with Gasteiger partial charge in [0.1, 0.15) is 11.5 Å². The minimum absolute atomic E-state index is 0. The second-order valence-electron chi connectivity index (χ2n) is 3.51. The SMILES string of the molecule is C.CC.CC.Oc1ccc(Cc2ccc(O)cc2)cc1. The zero-order valence-electron chi connectivity index (χ0n) is 12.2. The van der Waals surface area contributed by atoms with Gasteiger partial charge in [0.05, 0.1) is 0 Å². The van der Waals surface area contributed by atoms with E-state index in [1.807, 2.05) is 52.0 Å². The van der Waals surface area contributed by atoms with E-state index in [0.717, 1.165) is 17.5 Å².